The minimum Gasteiger partial charge on any atom is -0.494 e. The average molecular weight is 543 g/mol. The summed E-state index contributed by atoms with van der Waals surface area (Å²) in [5.41, 5.74) is 2.71. The van der Waals surface area contributed by atoms with E-state index in [0.717, 1.165) is 27.7 Å². The molecule has 0 fully saturated rings. The number of carbonyl (C=O) groups excluding carboxylic acids is 1. The van der Waals surface area contributed by atoms with Gasteiger partial charge >= 0.3 is 0 Å². The van der Waals surface area contributed by atoms with Crippen molar-refractivity contribution in [1.29, 1.82) is 0 Å². The summed E-state index contributed by atoms with van der Waals surface area (Å²) < 4.78 is 34.9. The Kier molecular flexibility index (Phi) is 7.40. The monoisotopic (exact) mass is 542 g/mol. The first-order valence-corrected chi connectivity index (χ1v) is 13.4. The van der Waals surface area contributed by atoms with Gasteiger partial charge in [0, 0.05) is 22.7 Å². The number of fused-ring (bicyclic) bond motifs is 1. The van der Waals surface area contributed by atoms with Crippen molar-refractivity contribution >= 4 is 37.5 Å². The molecule has 6 nitrogen and oxygen atoms in total. The van der Waals surface area contributed by atoms with Gasteiger partial charge in [-0.05, 0) is 73.9 Å². The maximum Gasteiger partial charge on any atom is 0.243 e. The van der Waals surface area contributed by atoms with Gasteiger partial charge in [0.1, 0.15) is 5.75 Å². The fourth-order valence-corrected chi connectivity index (χ4v) is 6.03. The molecule has 1 aliphatic rings. The van der Waals surface area contributed by atoms with Gasteiger partial charge in [0.25, 0.3) is 0 Å². The quantitative estimate of drug-likeness (QED) is 0.401. The lowest BCUT2D eigenvalue weighted by Gasteiger charge is -2.27. The number of carbonyl (C=O) groups is 1. The highest BCUT2D eigenvalue weighted by atomic mass is 79.9. The molecule has 0 bridgehead atoms. The number of hydrogen-bond acceptors (Lipinski definition) is 4. The zero-order valence-corrected chi connectivity index (χ0v) is 21.6. The van der Waals surface area contributed by atoms with E-state index in [1.807, 2.05) is 62.4 Å². The molecule has 0 N–H and O–H groups in total. The number of hydrogen-bond donors (Lipinski definition) is 0. The summed E-state index contributed by atoms with van der Waals surface area (Å²) in [4.78, 5) is 15.3. The van der Waals surface area contributed by atoms with Crippen LogP contribution in [0, 0.1) is 0 Å². The Balaban J connectivity index is 1.64. The van der Waals surface area contributed by atoms with Crippen LogP contribution in [0.25, 0.3) is 0 Å². The first-order chi connectivity index (χ1) is 16.3. The molecule has 0 saturated heterocycles. The van der Waals surface area contributed by atoms with Crippen LogP contribution in [-0.4, -0.2) is 37.8 Å². The Labute approximate surface area is 209 Å². The molecule has 0 unspecified atom stereocenters. The zero-order chi connectivity index (χ0) is 24.3. The summed E-state index contributed by atoms with van der Waals surface area (Å²) in [5.74, 6) is 0.347. The highest BCUT2D eigenvalue weighted by Gasteiger charge is 2.34. The molecule has 1 atom stereocenters. The number of benzene rings is 3. The summed E-state index contributed by atoms with van der Waals surface area (Å²) in [6.07, 6.45) is 0.727. The third-order valence-electron chi connectivity index (χ3n) is 5.81. The van der Waals surface area contributed by atoms with Gasteiger partial charge in [-0.1, -0.05) is 46.3 Å². The van der Waals surface area contributed by atoms with E-state index in [1.165, 1.54) is 16.4 Å². The highest BCUT2D eigenvalue weighted by Crippen LogP contribution is 2.34. The molecule has 1 aliphatic heterocycles. The molecule has 1 amide bonds. The standard InChI is InChI=1S/C26H27BrN2O4S/c1-3-33-23-10-12-24(13-11-23)34(31,32)28(17-20-7-5-4-6-8-20)18-26(30)29-19(2)15-21-16-22(27)9-14-25(21)29/h4-14,16,19H,3,15,17-18H2,1-2H3/t19-/m0/s1. The molecule has 178 valence electrons. The van der Waals surface area contributed by atoms with E-state index in [0.29, 0.717) is 12.4 Å². The van der Waals surface area contributed by atoms with Gasteiger partial charge in [-0.25, -0.2) is 8.42 Å². The molecule has 34 heavy (non-hydrogen) atoms. The van der Waals surface area contributed by atoms with Crippen molar-refractivity contribution in [1.82, 2.24) is 4.31 Å². The van der Waals surface area contributed by atoms with E-state index in [-0.39, 0.29) is 29.9 Å². The molecular formula is C26H27BrN2O4S. The third-order valence-corrected chi connectivity index (χ3v) is 8.11. The zero-order valence-electron chi connectivity index (χ0n) is 19.1. The van der Waals surface area contributed by atoms with Crippen LogP contribution in [0.5, 0.6) is 5.75 Å². The normalized spacial score (nSPS) is 15.4. The Morgan fingerprint density at radius 1 is 1.09 bits per heavy atom. The lowest BCUT2D eigenvalue weighted by Crippen LogP contribution is -2.44. The van der Waals surface area contributed by atoms with Crippen LogP contribution in [0.3, 0.4) is 0 Å². The van der Waals surface area contributed by atoms with Gasteiger partial charge in [0.2, 0.25) is 15.9 Å². The second-order valence-corrected chi connectivity index (χ2v) is 11.1. The van der Waals surface area contributed by atoms with E-state index in [2.05, 4.69) is 15.9 Å². The van der Waals surface area contributed by atoms with Crippen molar-refractivity contribution in [2.24, 2.45) is 0 Å². The summed E-state index contributed by atoms with van der Waals surface area (Å²) in [5, 5.41) is 0. The number of nitrogens with zero attached hydrogens (tertiary/aromatic N) is 2. The minimum absolute atomic E-state index is 0.0523. The molecule has 1 heterocycles. The minimum atomic E-state index is -3.93. The van der Waals surface area contributed by atoms with E-state index < -0.39 is 10.0 Å². The Hall–Kier alpha value is -2.68. The van der Waals surface area contributed by atoms with E-state index in [4.69, 9.17) is 4.74 Å². The fraction of sp³-hybridized carbons (Fsp3) is 0.269. The topological polar surface area (TPSA) is 66.9 Å². The molecule has 3 aromatic carbocycles. The van der Waals surface area contributed by atoms with Crippen molar-refractivity contribution in [3.8, 4) is 5.75 Å². The predicted octanol–water partition coefficient (Wildman–Crippen LogP) is 5.02. The maximum atomic E-state index is 13.6. The molecule has 8 heteroatoms. The summed E-state index contributed by atoms with van der Waals surface area (Å²) in [6.45, 7) is 4.18. The van der Waals surface area contributed by atoms with Crippen molar-refractivity contribution in [2.45, 2.75) is 37.8 Å². The molecule has 0 aromatic heterocycles. The summed E-state index contributed by atoms with van der Waals surface area (Å²) in [7, 11) is -3.93. The first kappa shape index (κ1) is 24.4. The lowest BCUT2D eigenvalue weighted by atomic mass is 10.1. The Morgan fingerprint density at radius 3 is 2.47 bits per heavy atom. The van der Waals surface area contributed by atoms with Crippen LogP contribution in [0.1, 0.15) is 25.0 Å². The number of sulfonamides is 1. The number of halogens is 1. The molecule has 0 saturated carbocycles. The predicted molar refractivity (Wildman–Crippen MR) is 136 cm³/mol. The second kappa shape index (κ2) is 10.3. The van der Waals surface area contributed by atoms with Crippen LogP contribution in [0.4, 0.5) is 5.69 Å². The van der Waals surface area contributed by atoms with Crippen LogP contribution in [0.2, 0.25) is 0 Å². The highest BCUT2D eigenvalue weighted by molar-refractivity contribution is 9.10. The van der Waals surface area contributed by atoms with Crippen molar-refractivity contribution in [2.75, 3.05) is 18.1 Å². The largest absolute Gasteiger partial charge is 0.494 e. The van der Waals surface area contributed by atoms with E-state index in [9.17, 15) is 13.2 Å². The summed E-state index contributed by atoms with van der Waals surface area (Å²) in [6, 6.07) is 21.4. The van der Waals surface area contributed by atoms with Gasteiger partial charge < -0.3 is 9.64 Å². The van der Waals surface area contributed by atoms with Gasteiger partial charge in [-0.2, -0.15) is 4.31 Å². The molecule has 0 radical (unpaired) electrons. The lowest BCUT2D eigenvalue weighted by molar-refractivity contribution is -0.119. The van der Waals surface area contributed by atoms with Crippen LogP contribution < -0.4 is 9.64 Å². The Bertz CT molecular complexity index is 1260. The second-order valence-electron chi connectivity index (χ2n) is 8.25. The van der Waals surface area contributed by atoms with Gasteiger partial charge in [-0.3, -0.25) is 4.79 Å². The van der Waals surface area contributed by atoms with Crippen LogP contribution in [-0.2, 0) is 27.8 Å². The molecule has 4 rings (SSSR count). The smallest absolute Gasteiger partial charge is 0.243 e. The SMILES string of the molecule is CCOc1ccc(S(=O)(=O)N(CC(=O)N2c3ccc(Br)cc3C[C@@H]2C)Cc2ccccc2)cc1. The van der Waals surface area contributed by atoms with E-state index >= 15 is 0 Å². The first-order valence-electron chi connectivity index (χ1n) is 11.2. The number of anilines is 1. The van der Waals surface area contributed by atoms with Crippen LogP contribution in [0.15, 0.2) is 82.2 Å². The van der Waals surface area contributed by atoms with Crippen molar-refractivity contribution < 1.29 is 17.9 Å². The molecule has 3 aromatic rings. The molecular weight excluding hydrogens is 516 g/mol. The average Bonchev–Trinajstić information content (AvgIpc) is 3.14. The fourth-order valence-electron chi connectivity index (χ4n) is 4.24. The van der Waals surface area contributed by atoms with Crippen molar-refractivity contribution in [3.05, 3.63) is 88.4 Å². The van der Waals surface area contributed by atoms with E-state index in [1.54, 1.807) is 17.0 Å². The third kappa shape index (κ3) is 5.19. The number of amides is 1. The summed E-state index contributed by atoms with van der Waals surface area (Å²) >= 11 is 3.49. The van der Waals surface area contributed by atoms with Gasteiger partial charge in [0.05, 0.1) is 18.0 Å². The number of rotatable bonds is 8. The molecule has 0 spiro atoms. The number of ether oxygens (including phenoxy) is 1. The maximum absolute atomic E-state index is 13.6. The van der Waals surface area contributed by atoms with Crippen molar-refractivity contribution in [3.63, 3.8) is 0 Å². The van der Waals surface area contributed by atoms with Crippen LogP contribution >= 0.6 is 15.9 Å². The molecule has 0 aliphatic carbocycles. The van der Waals surface area contributed by atoms with Gasteiger partial charge in [-0.15, -0.1) is 0 Å². The van der Waals surface area contributed by atoms with Gasteiger partial charge in [0.15, 0.2) is 0 Å². The Morgan fingerprint density at radius 2 is 1.79 bits per heavy atom.